The highest BCUT2D eigenvalue weighted by molar-refractivity contribution is 6.07. The molecule has 1 unspecified atom stereocenters. The number of hydrogen-bond acceptors (Lipinski definition) is 4. The smallest absolute Gasteiger partial charge is 0.458 e. The zero-order valence-electron chi connectivity index (χ0n) is 13.5. The molecule has 1 saturated carbocycles. The van der Waals surface area contributed by atoms with Crippen LogP contribution in [0.5, 0.6) is 0 Å². The number of halogens is 3. The van der Waals surface area contributed by atoms with Crippen LogP contribution in [0.1, 0.15) is 52.9 Å². The van der Waals surface area contributed by atoms with Crippen molar-refractivity contribution in [3.63, 3.8) is 0 Å². The molecule has 23 heavy (non-hydrogen) atoms. The zero-order chi connectivity index (χ0) is 17.8. The molecule has 1 rings (SSSR count). The van der Waals surface area contributed by atoms with Gasteiger partial charge in [0.1, 0.15) is 5.60 Å². The minimum Gasteiger partial charge on any atom is -0.458 e. The molecular weight excluding hydrogens is 315 g/mol. The Morgan fingerprint density at radius 1 is 1.04 bits per heavy atom. The minimum absolute atomic E-state index is 0.500. The summed E-state index contributed by atoms with van der Waals surface area (Å²) in [6, 6.07) is -1.92. The second-order valence-electron chi connectivity index (χ2n) is 6.68. The van der Waals surface area contributed by atoms with Gasteiger partial charge in [0, 0.05) is 5.92 Å². The molecule has 0 aliphatic heterocycles. The van der Waals surface area contributed by atoms with Crippen molar-refractivity contribution in [2.24, 2.45) is 5.92 Å². The number of nitrogens with one attached hydrogen (secondary N) is 1. The normalized spacial score (nSPS) is 18.2. The van der Waals surface area contributed by atoms with Crippen molar-refractivity contribution in [3.05, 3.63) is 0 Å². The van der Waals surface area contributed by atoms with Crippen LogP contribution < -0.4 is 5.32 Å². The first-order valence-corrected chi connectivity index (χ1v) is 7.56. The molecule has 5 nitrogen and oxygen atoms in total. The van der Waals surface area contributed by atoms with Crippen molar-refractivity contribution in [1.82, 2.24) is 5.32 Å². The standard InChI is InChI=1S/C15H22F3NO4/c1-14(2,3)23-12(21)10(19-13(22)15(16,17)18)11(20)9-7-5-4-6-8-9/h9-10H,4-8H2,1-3H3,(H,19,22). The van der Waals surface area contributed by atoms with Gasteiger partial charge in [-0.15, -0.1) is 0 Å². The summed E-state index contributed by atoms with van der Waals surface area (Å²) in [6.45, 7) is 4.58. The van der Waals surface area contributed by atoms with E-state index in [0.717, 1.165) is 19.3 Å². The number of rotatable bonds is 4. The van der Waals surface area contributed by atoms with Crippen molar-refractivity contribution in [2.45, 2.75) is 70.7 Å². The lowest BCUT2D eigenvalue weighted by molar-refractivity contribution is -0.178. The quantitative estimate of drug-likeness (QED) is 0.632. The number of carbonyl (C=O) groups is 3. The fourth-order valence-corrected chi connectivity index (χ4v) is 2.44. The minimum atomic E-state index is -5.17. The molecule has 0 radical (unpaired) electrons. The monoisotopic (exact) mass is 337 g/mol. The molecule has 0 bridgehead atoms. The molecule has 1 N–H and O–H groups in total. The van der Waals surface area contributed by atoms with E-state index < -0.39 is 41.4 Å². The van der Waals surface area contributed by atoms with Crippen molar-refractivity contribution < 1.29 is 32.3 Å². The maximum absolute atomic E-state index is 12.4. The molecule has 1 fully saturated rings. The number of ether oxygens (including phenoxy) is 1. The Labute approximate surface area is 132 Å². The first-order valence-electron chi connectivity index (χ1n) is 7.56. The van der Waals surface area contributed by atoms with E-state index >= 15 is 0 Å². The third kappa shape index (κ3) is 6.19. The van der Waals surface area contributed by atoms with E-state index in [1.807, 2.05) is 0 Å². The molecule has 1 atom stereocenters. The van der Waals surface area contributed by atoms with Crippen LogP contribution in [0.2, 0.25) is 0 Å². The van der Waals surface area contributed by atoms with Gasteiger partial charge in [-0.05, 0) is 33.6 Å². The lowest BCUT2D eigenvalue weighted by atomic mass is 9.83. The summed E-state index contributed by atoms with van der Waals surface area (Å²) in [5, 5.41) is 1.49. The SMILES string of the molecule is CC(C)(C)OC(=O)C(NC(=O)C(F)(F)F)C(=O)C1CCCCC1. The second kappa shape index (κ2) is 7.31. The molecule has 0 saturated heterocycles. The van der Waals surface area contributed by atoms with E-state index in [-0.39, 0.29) is 0 Å². The number of hydrogen-bond donors (Lipinski definition) is 1. The summed E-state index contributed by atoms with van der Waals surface area (Å²) in [5.41, 5.74) is -0.981. The van der Waals surface area contributed by atoms with Crippen LogP contribution in [-0.2, 0) is 19.1 Å². The van der Waals surface area contributed by atoms with Gasteiger partial charge in [-0.25, -0.2) is 4.79 Å². The first-order chi connectivity index (χ1) is 10.4. The Balaban J connectivity index is 2.93. The predicted octanol–water partition coefficient (Wildman–Crippen LogP) is 2.52. The van der Waals surface area contributed by atoms with Crippen LogP contribution in [0, 0.1) is 5.92 Å². The zero-order valence-corrected chi connectivity index (χ0v) is 13.5. The van der Waals surface area contributed by atoms with Gasteiger partial charge in [-0.2, -0.15) is 13.2 Å². The molecular formula is C15H22F3NO4. The van der Waals surface area contributed by atoms with Crippen LogP contribution in [0.4, 0.5) is 13.2 Å². The Hall–Kier alpha value is -1.60. The maximum Gasteiger partial charge on any atom is 0.471 e. The van der Waals surface area contributed by atoms with Crippen molar-refractivity contribution in [3.8, 4) is 0 Å². The fourth-order valence-electron chi connectivity index (χ4n) is 2.44. The molecule has 0 spiro atoms. The second-order valence-corrected chi connectivity index (χ2v) is 6.68. The summed E-state index contributed by atoms with van der Waals surface area (Å²) in [4.78, 5) is 35.6. The van der Waals surface area contributed by atoms with Crippen molar-refractivity contribution in [1.29, 1.82) is 0 Å². The van der Waals surface area contributed by atoms with E-state index in [4.69, 9.17) is 4.74 Å². The van der Waals surface area contributed by atoms with Gasteiger partial charge in [-0.3, -0.25) is 9.59 Å². The van der Waals surface area contributed by atoms with Crippen LogP contribution in [0.25, 0.3) is 0 Å². The lowest BCUT2D eigenvalue weighted by Crippen LogP contribution is -2.54. The summed E-state index contributed by atoms with van der Waals surface area (Å²) < 4.78 is 42.3. The average molecular weight is 337 g/mol. The predicted molar refractivity (Wildman–Crippen MR) is 75.4 cm³/mol. The summed E-state index contributed by atoms with van der Waals surface area (Å²) in [5.74, 6) is -4.73. The number of esters is 1. The lowest BCUT2D eigenvalue weighted by Gasteiger charge is -2.28. The van der Waals surface area contributed by atoms with Crippen LogP contribution in [0.15, 0.2) is 0 Å². The van der Waals surface area contributed by atoms with Crippen LogP contribution >= 0.6 is 0 Å². The number of Topliss-reactive ketones (excluding diaryl/α,β-unsaturated/α-hetero) is 1. The van der Waals surface area contributed by atoms with Gasteiger partial charge >= 0.3 is 18.1 Å². The highest BCUT2D eigenvalue weighted by Crippen LogP contribution is 2.26. The molecule has 0 aromatic rings. The molecule has 0 aromatic carbocycles. The number of amides is 1. The number of carbonyl (C=O) groups excluding carboxylic acids is 3. The topological polar surface area (TPSA) is 72.5 Å². The van der Waals surface area contributed by atoms with Crippen LogP contribution in [0.3, 0.4) is 0 Å². The van der Waals surface area contributed by atoms with Gasteiger partial charge in [0.25, 0.3) is 0 Å². The molecule has 1 aliphatic rings. The Morgan fingerprint density at radius 2 is 1.57 bits per heavy atom. The van der Waals surface area contributed by atoms with E-state index in [9.17, 15) is 27.6 Å². The molecule has 1 aliphatic carbocycles. The number of alkyl halides is 3. The Kier molecular flexibility index (Phi) is 6.18. The third-order valence-electron chi connectivity index (χ3n) is 3.47. The average Bonchev–Trinajstić information content (AvgIpc) is 2.41. The van der Waals surface area contributed by atoms with Gasteiger partial charge in [0.15, 0.2) is 11.8 Å². The molecule has 0 aromatic heterocycles. The van der Waals surface area contributed by atoms with E-state index in [2.05, 4.69) is 0 Å². The van der Waals surface area contributed by atoms with E-state index in [1.165, 1.54) is 26.1 Å². The number of ketones is 1. The summed E-state index contributed by atoms with van der Waals surface area (Å²) >= 11 is 0. The summed E-state index contributed by atoms with van der Waals surface area (Å²) in [6.07, 6.45) is -1.70. The van der Waals surface area contributed by atoms with Gasteiger partial charge in [-0.1, -0.05) is 19.3 Å². The van der Waals surface area contributed by atoms with E-state index in [0.29, 0.717) is 12.8 Å². The highest BCUT2D eigenvalue weighted by Gasteiger charge is 2.44. The molecule has 1 amide bonds. The fraction of sp³-hybridized carbons (Fsp3) is 0.800. The van der Waals surface area contributed by atoms with Gasteiger partial charge in [0.05, 0.1) is 0 Å². The largest absolute Gasteiger partial charge is 0.471 e. The third-order valence-corrected chi connectivity index (χ3v) is 3.47. The van der Waals surface area contributed by atoms with Gasteiger partial charge < -0.3 is 10.1 Å². The van der Waals surface area contributed by atoms with Crippen LogP contribution in [-0.4, -0.2) is 35.5 Å². The first kappa shape index (κ1) is 19.4. The van der Waals surface area contributed by atoms with Crippen molar-refractivity contribution in [2.75, 3.05) is 0 Å². The molecule has 0 heterocycles. The summed E-state index contributed by atoms with van der Waals surface area (Å²) in [7, 11) is 0. The van der Waals surface area contributed by atoms with Crippen molar-refractivity contribution >= 4 is 17.7 Å². The molecule has 8 heteroatoms. The Morgan fingerprint density at radius 3 is 2.00 bits per heavy atom. The van der Waals surface area contributed by atoms with Gasteiger partial charge in [0.2, 0.25) is 0 Å². The molecule has 132 valence electrons. The Bertz CT molecular complexity index is 462. The van der Waals surface area contributed by atoms with E-state index in [1.54, 1.807) is 0 Å². The maximum atomic E-state index is 12.4. The highest BCUT2D eigenvalue weighted by atomic mass is 19.4.